The number of likely N-dealkylation sites (N-methyl/N-ethyl adjacent to an activating group) is 2. The van der Waals surface area contributed by atoms with E-state index in [2.05, 4.69) is 49.4 Å². The van der Waals surface area contributed by atoms with Crippen molar-refractivity contribution in [2.24, 2.45) is 17.3 Å². The Balaban J connectivity index is 1.22. The fourth-order valence-electron chi connectivity index (χ4n) is 9.99. The molecule has 7 rings (SSSR count). The number of phenolic OH excluding ortho intramolecular Hbond substituents is 1. The summed E-state index contributed by atoms with van der Waals surface area (Å²) >= 11 is 1.67. The summed E-state index contributed by atoms with van der Waals surface area (Å²) in [6, 6.07) is 12.5. The van der Waals surface area contributed by atoms with Crippen molar-refractivity contribution in [3.63, 3.8) is 0 Å². The largest absolute Gasteiger partial charge is 0.508 e. The van der Waals surface area contributed by atoms with Gasteiger partial charge >= 0.3 is 5.97 Å². The van der Waals surface area contributed by atoms with Gasteiger partial charge in [-0.25, -0.2) is 5.43 Å². The fraction of sp³-hybridized carbons (Fsp3) is 0.509. The molecule has 3 N–H and O–H groups in total. The van der Waals surface area contributed by atoms with Crippen molar-refractivity contribution in [1.82, 2.24) is 35.4 Å². The average Bonchev–Trinajstić information content (AvgIpc) is 3.94. The number of aromatic hydroxyl groups is 1. The maximum absolute atomic E-state index is 14.8. The second kappa shape index (κ2) is 21.5. The highest BCUT2D eigenvalue weighted by Crippen LogP contribution is 2.45. The van der Waals surface area contributed by atoms with E-state index in [1.807, 2.05) is 58.0 Å². The number of esters is 1. The first kappa shape index (κ1) is 51.2. The molecule has 0 radical (unpaired) electrons. The van der Waals surface area contributed by atoms with E-state index in [9.17, 15) is 29.1 Å². The molecule has 2 aromatic heterocycles. The van der Waals surface area contributed by atoms with Crippen molar-refractivity contribution in [1.29, 1.82) is 0 Å². The van der Waals surface area contributed by atoms with Crippen LogP contribution in [0.2, 0.25) is 0 Å². The van der Waals surface area contributed by atoms with E-state index in [4.69, 9.17) is 14.5 Å². The molecule has 0 spiro atoms. The number of carbonyl (C=O) groups excluding carboxylic acids is 5. The topological polar surface area (TPSA) is 174 Å². The summed E-state index contributed by atoms with van der Waals surface area (Å²) in [5.74, 6) is -2.67. The van der Waals surface area contributed by atoms with E-state index in [-0.39, 0.29) is 62.1 Å². The van der Waals surface area contributed by atoms with Gasteiger partial charge in [0.25, 0.3) is 5.91 Å². The van der Waals surface area contributed by atoms with Crippen LogP contribution in [0, 0.1) is 17.3 Å². The van der Waals surface area contributed by atoms with E-state index in [0.717, 1.165) is 48.5 Å². The summed E-state index contributed by atoms with van der Waals surface area (Å²) < 4.78 is 12.9. The van der Waals surface area contributed by atoms with E-state index < -0.39 is 47.2 Å². The first-order chi connectivity index (χ1) is 32.7. The highest BCUT2D eigenvalue weighted by molar-refractivity contribution is 7.22. The number of carbonyl (C=O) groups is 5. The number of phenols is 1. The van der Waals surface area contributed by atoms with Gasteiger partial charge in [-0.05, 0) is 111 Å². The minimum atomic E-state index is -1.16. The molecule has 2 aromatic carbocycles. The van der Waals surface area contributed by atoms with Gasteiger partial charge in [0.15, 0.2) is 0 Å². The zero-order valence-electron chi connectivity index (χ0n) is 41.6. The van der Waals surface area contributed by atoms with E-state index >= 15 is 0 Å². The van der Waals surface area contributed by atoms with E-state index in [1.54, 1.807) is 48.7 Å². The van der Waals surface area contributed by atoms with E-state index in [1.165, 1.54) is 9.91 Å². The number of methoxy groups -OCH3 is 1. The van der Waals surface area contributed by atoms with Gasteiger partial charge in [-0.15, -0.1) is 11.3 Å². The third kappa shape index (κ3) is 11.9. The Morgan fingerprint density at radius 1 is 1.06 bits per heavy atom. The maximum atomic E-state index is 14.8. The fourth-order valence-corrected chi connectivity index (χ4v) is 11.2. The molecule has 0 unspecified atom stereocenters. The number of likely N-dealkylation sites (tertiary alicyclic amines) is 1. The van der Waals surface area contributed by atoms with Crippen molar-refractivity contribution in [2.75, 3.05) is 61.0 Å². The Morgan fingerprint density at radius 2 is 1.83 bits per heavy atom. The maximum Gasteiger partial charge on any atom is 0.324 e. The normalized spacial score (nSPS) is 20.7. The number of ether oxygens (including phenoxy) is 2. The minimum Gasteiger partial charge on any atom is -0.508 e. The lowest BCUT2D eigenvalue weighted by molar-refractivity contribution is -0.155. The van der Waals surface area contributed by atoms with Gasteiger partial charge in [0.05, 0.1) is 24.3 Å². The molecule has 2 saturated heterocycles. The molecule has 2 fully saturated rings. The molecule has 6 bridgehead atoms. The van der Waals surface area contributed by atoms with Gasteiger partial charge in [0.2, 0.25) is 17.7 Å². The van der Waals surface area contributed by atoms with Crippen LogP contribution in [0.1, 0.15) is 83.2 Å². The number of hydrogen-bond donors (Lipinski definition) is 3. The standard InChI is InChI=1S/C53H69N7O8S/c1-31(2)47(58(9)50(64)36-17-20-59(29-36)45(62)21-32(3)28-57(7)8)49(63)55-43-24-34-22-37(25-38(61)23-34)35-15-16-44-40(26-35)41(48(69-44)39-13-11-18-54-46(39)33(4)67-10)27-53(5,6)30-68-52(66)42-14-12-19-60(56-42)51(43)65/h11,13,15-16,18,22-23,25-26,31,33,36,42-43,47,56,61H,3,12,14,17,19-21,24,27-30H2,1-2,4-10H3,(H,55,63)/t33-,36-,42-,43-,47-/m0/s1. The number of nitrogens with one attached hydrogen (secondary N) is 2. The molecule has 69 heavy (non-hydrogen) atoms. The molecule has 5 heterocycles. The molecule has 0 saturated carbocycles. The summed E-state index contributed by atoms with van der Waals surface area (Å²) in [6.07, 6.45) is 3.67. The number of pyridine rings is 1. The zero-order valence-corrected chi connectivity index (χ0v) is 42.4. The molecule has 16 heteroatoms. The van der Waals surface area contributed by atoms with Crippen LogP contribution in [-0.4, -0.2) is 139 Å². The molecule has 370 valence electrons. The Morgan fingerprint density at radius 3 is 2.55 bits per heavy atom. The Hall–Kier alpha value is -5.68. The summed E-state index contributed by atoms with van der Waals surface area (Å²) in [5.41, 5.74) is 8.41. The van der Waals surface area contributed by atoms with Gasteiger partial charge in [0, 0.05) is 79.9 Å². The van der Waals surface area contributed by atoms with Crippen LogP contribution in [0.3, 0.4) is 0 Å². The predicted octanol–water partition coefficient (Wildman–Crippen LogP) is 6.53. The number of fused-ring (bicyclic) bond motifs is 6. The third-order valence-electron chi connectivity index (χ3n) is 13.5. The quantitative estimate of drug-likeness (QED) is 0.104. The van der Waals surface area contributed by atoms with Crippen molar-refractivity contribution in [2.45, 2.75) is 97.4 Å². The molecule has 4 aromatic rings. The summed E-state index contributed by atoms with van der Waals surface area (Å²) in [4.78, 5) is 81.5. The Bertz CT molecular complexity index is 2590. The SMILES string of the molecule is C=C(CC(=O)N1CC[C@H](C(=O)N(C)[C@H](C(=O)N[C@H]2Cc3cc(O)cc(c3)-c3ccc4sc(-c5cccnc5[C@H](C)OC)c(c4c3)CC(C)(C)COC(=O)[C@@H]3CCCN(N3)C2=O)C(C)C)C1)CN(C)C. The highest BCUT2D eigenvalue weighted by Gasteiger charge is 2.40. The molecule has 0 aliphatic carbocycles. The Labute approximate surface area is 410 Å². The molecule has 4 amide bonds. The van der Waals surface area contributed by atoms with Crippen LogP contribution in [0.25, 0.3) is 31.7 Å². The summed E-state index contributed by atoms with van der Waals surface area (Å²) in [5, 5.41) is 16.7. The predicted molar refractivity (Wildman–Crippen MR) is 268 cm³/mol. The highest BCUT2D eigenvalue weighted by atomic mass is 32.1. The average molecular weight is 964 g/mol. The van der Waals surface area contributed by atoms with Crippen LogP contribution < -0.4 is 10.7 Å². The summed E-state index contributed by atoms with van der Waals surface area (Å²) in [7, 11) is 7.10. The first-order valence-electron chi connectivity index (χ1n) is 24.0. The molecule has 3 aliphatic heterocycles. The number of amides is 4. The number of hydrazine groups is 1. The van der Waals surface area contributed by atoms with Gasteiger partial charge in [-0.1, -0.05) is 58.0 Å². The number of thiophene rings is 1. The van der Waals surface area contributed by atoms with E-state index in [0.29, 0.717) is 44.3 Å². The van der Waals surface area contributed by atoms with Gasteiger partial charge in [0.1, 0.15) is 23.9 Å². The smallest absolute Gasteiger partial charge is 0.324 e. The van der Waals surface area contributed by atoms with Gasteiger partial charge in [-0.3, -0.25) is 34.0 Å². The number of hydrogen-bond acceptors (Lipinski definition) is 12. The second-order valence-corrected chi connectivity index (χ2v) is 21.5. The lowest BCUT2D eigenvalue weighted by Crippen LogP contribution is -2.62. The number of aromatic nitrogens is 1. The van der Waals surface area contributed by atoms with Crippen molar-refractivity contribution < 1.29 is 38.6 Å². The third-order valence-corrected chi connectivity index (χ3v) is 14.7. The van der Waals surface area contributed by atoms with Crippen molar-refractivity contribution in [3.8, 4) is 27.3 Å². The van der Waals surface area contributed by atoms with Gasteiger partial charge in [-0.2, -0.15) is 0 Å². The lowest BCUT2D eigenvalue weighted by atomic mass is 9.84. The van der Waals surface area contributed by atoms with Crippen LogP contribution in [0.15, 0.2) is 66.9 Å². The number of cyclic esters (lactones) is 1. The molecule has 3 aliphatic rings. The zero-order chi connectivity index (χ0) is 49.9. The monoisotopic (exact) mass is 963 g/mol. The molecular formula is C53H69N7O8S. The van der Waals surface area contributed by atoms with Crippen LogP contribution in [-0.2, 0) is 46.3 Å². The Kier molecular flexibility index (Phi) is 16.0. The number of nitrogens with zero attached hydrogens (tertiary/aromatic N) is 5. The first-order valence-corrected chi connectivity index (χ1v) is 24.8. The lowest BCUT2D eigenvalue weighted by Gasteiger charge is -2.37. The van der Waals surface area contributed by atoms with Crippen molar-refractivity contribution >= 4 is 51.0 Å². The van der Waals surface area contributed by atoms with Crippen LogP contribution in [0.5, 0.6) is 5.75 Å². The van der Waals surface area contributed by atoms with Crippen LogP contribution >= 0.6 is 11.3 Å². The van der Waals surface area contributed by atoms with Crippen LogP contribution in [0.4, 0.5) is 0 Å². The van der Waals surface area contributed by atoms with Gasteiger partial charge < -0.3 is 34.6 Å². The molecular weight excluding hydrogens is 895 g/mol. The number of benzene rings is 2. The second-order valence-electron chi connectivity index (χ2n) is 20.5. The van der Waals surface area contributed by atoms with Crippen molar-refractivity contribution in [3.05, 3.63) is 83.7 Å². The minimum absolute atomic E-state index is 0.00763. The molecule has 15 nitrogen and oxygen atoms in total. The number of rotatable bonds is 12. The summed E-state index contributed by atoms with van der Waals surface area (Å²) in [6.45, 7) is 15.5. The molecule has 5 atom stereocenters.